The Labute approximate surface area is 126 Å². The number of carbonyl (C=O) groups is 1. The van der Waals surface area contributed by atoms with Crippen LogP contribution >= 0.6 is 11.8 Å². The number of anilines is 2. The maximum absolute atomic E-state index is 12.7. The number of nitrogen functional groups attached to an aromatic ring is 1. The van der Waals surface area contributed by atoms with E-state index in [-0.39, 0.29) is 17.1 Å². The molecule has 0 bridgehead atoms. The number of benzene rings is 2. The first-order valence-electron chi connectivity index (χ1n) is 6.43. The van der Waals surface area contributed by atoms with Gasteiger partial charge in [0.25, 0.3) is 5.91 Å². The van der Waals surface area contributed by atoms with Crippen molar-refractivity contribution in [3.63, 3.8) is 0 Å². The first-order valence-corrected chi connectivity index (χ1v) is 7.41. The molecule has 21 heavy (non-hydrogen) atoms. The highest BCUT2D eigenvalue weighted by atomic mass is 32.2. The summed E-state index contributed by atoms with van der Waals surface area (Å²) in [5, 5.41) is 19.7. The zero-order valence-electron chi connectivity index (χ0n) is 11.1. The van der Waals surface area contributed by atoms with Gasteiger partial charge in [-0.25, -0.2) is 0 Å². The molecule has 108 valence electrons. The van der Waals surface area contributed by atoms with Crippen LogP contribution in [0.4, 0.5) is 11.4 Å². The van der Waals surface area contributed by atoms with Crippen LogP contribution in [-0.4, -0.2) is 28.4 Å². The van der Waals surface area contributed by atoms with Crippen molar-refractivity contribution in [1.82, 2.24) is 0 Å². The summed E-state index contributed by atoms with van der Waals surface area (Å²) in [6, 6.07) is 9.64. The molecule has 0 saturated heterocycles. The lowest BCUT2D eigenvalue weighted by atomic mass is 10.1. The van der Waals surface area contributed by atoms with Gasteiger partial charge in [-0.2, -0.15) is 0 Å². The lowest BCUT2D eigenvalue weighted by Gasteiger charge is -2.29. The number of fused-ring (bicyclic) bond motifs is 1. The Kier molecular flexibility index (Phi) is 3.39. The predicted octanol–water partition coefficient (Wildman–Crippen LogP) is 2.43. The number of aromatic hydroxyl groups is 2. The van der Waals surface area contributed by atoms with Crippen molar-refractivity contribution in [2.24, 2.45) is 0 Å². The van der Waals surface area contributed by atoms with Crippen molar-refractivity contribution in [2.45, 2.75) is 4.90 Å². The van der Waals surface area contributed by atoms with Gasteiger partial charge in [0.15, 0.2) is 0 Å². The molecule has 0 unspecified atom stereocenters. The van der Waals surface area contributed by atoms with Gasteiger partial charge in [0.05, 0.1) is 5.69 Å². The Morgan fingerprint density at radius 3 is 2.62 bits per heavy atom. The molecular weight excluding hydrogens is 288 g/mol. The fraction of sp³-hybridized carbons (Fsp3) is 0.133. The van der Waals surface area contributed by atoms with Crippen LogP contribution < -0.4 is 10.6 Å². The number of carbonyl (C=O) groups excluding carboxylic acids is 1. The highest BCUT2D eigenvalue weighted by molar-refractivity contribution is 7.99. The molecule has 1 heterocycles. The van der Waals surface area contributed by atoms with Crippen LogP contribution in [0.1, 0.15) is 10.4 Å². The summed E-state index contributed by atoms with van der Waals surface area (Å²) in [4.78, 5) is 15.2. The van der Waals surface area contributed by atoms with E-state index >= 15 is 0 Å². The van der Waals surface area contributed by atoms with Crippen molar-refractivity contribution >= 4 is 29.0 Å². The lowest BCUT2D eigenvalue weighted by molar-refractivity contribution is 0.0982. The molecule has 6 heteroatoms. The first kappa shape index (κ1) is 13.6. The summed E-state index contributed by atoms with van der Waals surface area (Å²) in [5.41, 5.74) is 6.98. The number of thioether (sulfide) groups is 1. The molecule has 4 N–H and O–H groups in total. The molecular formula is C15H14N2O3S. The molecule has 1 aliphatic rings. The van der Waals surface area contributed by atoms with E-state index in [1.54, 1.807) is 23.9 Å². The van der Waals surface area contributed by atoms with Crippen LogP contribution in [0.2, 0.25) is 0 Å². The lowest BCUT2D eigenvalue weighted by Crippen LogP contribution is -2.35. The Morgan fingerprint density at radius 2 is 1.90 bits per heavy atom. The zero-order valence-corrected chi connectivity index (χ0v) is 11.9. The molecule has 0 fully saturated rings. The molecule has 1 aliphatic heterocycles. The topological polar surface area (TPSA) is 86.8 Å². The molecule has 5 nitrogen and oxygen atoms in total. The number of nitrogens with two attached hydrogens (primary N) is 1. The average molecular weight is 302 g/mol. The van der Waals surface area contributed by atoms with E-state index in [4.69, 9.17) is 5.73 Å². The minimum atomic E-state index is -0.433. The maximum Gasteiger partial charge on any atom is 0.265 e. The number of hydrogen-bond acceptors (Lipinski definition) is 5. The molecule has 0 atom stereocenters. The smallest absolute Gasteiger partial charge is 0.265 e. The second kappa shape index (κ2) is 5.21. The van der Waals surface area contributed by atoms with Crippen LogP contribution in [0.25, 0.3) is 0 Å². The van der Waals surface area contributed by atoms with Crippen molar-refractivity contribution in [2.75, 3.05) is 22.9 Å². The van der Waals surface area contributed by atoms with Gasteiger partial charge in [-0.15, -0.1) is 11.8 Å². The standard InChI is InChI=1S/C15H14N2O3S/c16-9-4-5-13-10(8-9)17(6-7-21-13)15(20)14-11(18)2-1-3-12(14)19/h1-5,8,18-19H,6-7,16H2. The Balaban J connectivity index is 2.06. The van der Waals surface area contributed by atoms with Gasteiger partial charge in [-0.1, -0.05) is 6.07 Å². The van der Waals surface area contributed by atoms with Gasteiger partial charge >= 0.3 is 0 Å². The van der Waals surface area contributed by atoms with Gasteiger partial charge in [-0.3, -0.25) is 4.79 Å². The van der Waals surface area contributed by atoms with E-state index in [9.17, 15) is 15.0 Å². The number of nitrogens with zero attached hydrogens (tertiary/aromatic N) is 1. The summed E-state index contributed by atoms with van der Waals surface area (Å²) in [6.45, 7) is 0.494. The molecule has 0 aliphatic carbocycles. The van der Waals surface area contributed by atoms with Gasteiger partial charge < -0.3 is 20.8 Å². The van der Waals surface area contributed by atoms with Crippen LogP contribution in [-0.2, 0) is 0 Å². The van der Waals surface area contributed by atoms with Crippen molar-refractivity contribution in [3.8, 4) is 11.5 Å². The molecule has 0 saturated carbocycles. The number of phenols is 2. The predicted molar refractivity (Wildman–Crippen MR) is 83.0 cm³/mol. The van der Waals surface area contributed by atoms with Crippen LogP contribution in [0, 0.1) is 0 Å². The SMILES string of the molecule is Nc1ccc2c(c1)N(C(=O)c1c(O)cccc1O)CCS2. The molecule has 0 spiro atoms. The third-order valence-electron chi connectivity index (χ3n) is 3.33. The van der Waals surface area contributed by atoms with Gasteiger partial charge in [-0.05, 0) is 30.3 Å². The monoisotopic (exact) mass is 302 g/mol. The van der Waals surface area contributed by atoms with Crippen molar-refractivity contribution in [3.05, 3.63) is 42.0 Å². The highest BCUT2D eigenvalue weighted by Crippen LogP contribution is 2.38. The van der Waals surface area contributed by atoms with Crippen LogP contribution in [0.3, 0.4) is 0 Å². The van der Waals surface area contributed by atoms with E-state index in [1.165, 1.54) is 23.1 Å². The quantitative estimate of drug-likeness (QED) is 0.704. The zero-order chi connectivity index (χ0) is 15.0. The molecule has 3 rings (SSSR count). The minimum Gasteiger partial charge on any atom is -0.507 e. The van der Waals surface area contributed by atoms with E-state index in [2.05, 4.69) is 0 Å². The number of rotatable bonds is 1. The van der Waals surface area contributed by atoms with E-state index < -0.39 is 5.91 Å². The summed E-state index contributed by atoms with van der Waals surface area (Å²) in [5.74, 6) is -0.151. The number of phenolic OH excluding ortho intramolecular Hbond substituents is 2. The fourth-order valence-corrected chi connectivity index (χ4v) is 3.30. The fourth-order valence-electron chi connectivity index (χ4n) is 2.33. The molecule has 2 aromatic carbocycles. The van der Waals surface area contributed by atoms with Gasteiger partial charge in [0.1, 0.15) is 17.1 Å². The second-order valence-electron chi connectivity index (χ2n) is 4.70. The third kappa shape index (κ3) is 2.38. The first-order chi connectivity index (χ1) is 10.1. The number of amides is 1. The van der Waals surface area contributed by atoms with E-state index in [0.29, 0.717) is 17.9 Å². The molecule has 0 aromatic heterocycles. The van der Waals surface area contributed by atoms with Crippen LogP contribution in [0.5, 0.6) is 11.5 Å². The molecule has 0 radical (unpaired) electrons. The largest absolute Gasteiger partial charge is 0.507 e. The minimum absolute atomic E-state index is 0.0854. The van der Waals surface area contributed by atoms with Crippen LogP contribution in [0.15, 0.2) is 41.3 Å². The second-order valence-corrected chi connectivity index (χ2v) is 5.84. The summed E-state index contributed by atoms with van der Waals surface area (Å²) < 4.78 is 0. The maximum atomic E-state index is 12.7. The Morgan fingerprint density at radius 1 is 1.19 bits per heavy atom. The molecule has 1 amide bonds. The Bertz CT molecular complexity index is 698. The normalized spacial score (nSPS) is 13.8. The third-order valence-corrected chi connectivity index (χ3v) is 4.37. The van der Waals surface area contributed by atoms with E-state index in [1.807, 2.05) is 6.07 Å². The molecule has 2 aromatic rings. The van der Waals surface area contributed by atoms with Crippen molar-refractivity contribution < 1.29 is 15.0 Å². The van der Waals surface area contributed by atoms with Crippen molar-refractivity contribution in [1.29, 1.82) is 0 Å². The summed E-state index contributed by atoms with van der Waals surface area (Å²) in [6.07, 6.45) is 0. The van der Waals surface area contributed by atoms with Gasteiger partial charge in [0.2, 0.25) is 0 Å². The van der Waals surface area contributed by atoms with Gasteiger partial charge in [0, 0.05) is 22.9 Å². The average Bonchev–Trinajstić information content (AvgIpc) is 2.46. The summed E-state index contributed by atoms with van der Waals surface area (Å²) >= 11 is 1.65. The summed E-state index contributed by atoms with van der Waals surface area (Å²) in [7, 11) is 0. The van der Waals surface area contributed by atoms with E-state index in [0.717, 1.165) is 10.6 Å². The highest BCUT2D eigenvalue weighted by Gasteiger charge is 2.27. The number of hydrogen-bond donors (Lipinski definition) is 3. The Hall–Kier alpha value is -2.34.